The minimum absolute atomic E-state index is 0.0200. The average Bonchev–Trinajstić information content (AvgIpc) is 2.47. The van der Waals surface area contributed by atoms with Crippen LogP contribution in [0.1, 0.15) is 20.3 Å². The Bertz CT molecular complexity index is 515. The fourth-order valence-electron chi connectivity index (χ4n) is 1.86. The zero-order chi connectivity index (χ0) is 17.5. The molecule has 1 unspecified atom stereocenters. The Balaban J connectivity index is 2.98. The second-order valence-electron chi connectivity index (χ2n) is 4.52. The van der Waals surface area contributed by atoms with Gasteiger partial charge in [0.05, 0.1) is 19.1 Å². The minimum Gasteiger partial charge on any atom is -0.462 e. The Kier molecular flexibility index (Phi) is 6.87. The van der Waals surface area contributed by atoms with Crippen molar-refractivity contribution < 1.29 is 32.2 Å². The van der Waals surface area contributed by atoms with Crippen LogP contribution in [-0.4, -0.2) is 31.3 Å². The summed E-state index contributed by atoms with van der Waals surface area (Å²) in [4.78, 5) is 23.4. The molecular formula is C15H18F3NO4. The molecule has 0 aromatic carbocycles. The van der Waals surface area contributed by atoms with Gasteiger partial charge in [-0.15, -0.1) is 0 Å². The van der Waals surface area contributed by atoms with Crippen molar-refractivity contribution in [1.29, 1.82) is 0 Å². The van der Waals surface area contributed by atoms with Gasteiger partial charge in [0.15, 0.2) is 5.57 Å². The lowest BCUT2D eigenvalue weighted by atomic mass is 9.96. The normalized spacial score (nSPS) is 17.1. The molecular weight excluding hydrogens is 315 g/mol. The molecule has 128 valence electrons. The number of carbonyl (C=O) groups is 2. The van der Waals surface area contributed by atoms with E-state index >= 15 is 0 Å². The third-order valence-corrected chi connectivity index (χ3v) is 2.93. The summed E-state index contributed by atoms with van der Waals surface area (Å²) in [6.07, 6.45) is 0.332. The average molecular weight is 333 g/mol. The van der Waals surface area contributed by atoms with Crippen LogP contribution in [-0.2, 0) is 19.1 Å². The third-order valence-electron chi connectivity index (χ3n) is 2.93. The van der Waals surface area contributed by atoms with Gasteiger partial charge in [0, 0.05) is 11.9 Å². The summed E-state index contributed by atoms with van der Waals surface area (Å²) in [6.45, 7) is 3.13. The number of alkyl halides is 3. The van der Waals surface area contributed by atoms with Crippen molar-refractivity contribution >= 4 is 11.9 Å². The van der Waals surface area contributed by atoms with Gasteiger partial charge in [-0.25, -0.2) is 9.59 Å². The Morgan fingerprint density at radius 3 is 2.30 bits per heavy atom. The predicted molar refractivity (Wildman–Crippen MR) is 75.9 cm³/mol. The summed E-state index contributed by atoms with van der Waals surface area (Å²) in [5.74, 6) is -3.66. The van der Waals surface area contributed by atoms with E-state index < -0.39 is 29.6 Å². The van der Waals surface area contributed by atoms with Crippen molar-refractivity contribution in [3.63, 3.8) is 0 Å². The quantitative estimate of drug-likeness (QED) is 0.350. The van der Waals surface area contributed by atoms with Crippen molar-refractivity contribution in [2.24, 2.45) is 5.92 Å². The first-order valence-electron chi connectivity index (χ1n) is 7.05. The molecule has 0 amide bonds. The summed E-state index contributed by atoms with van der Waals surface area (Å²) in [5.41, 5.74) is -0.656. The largest absolute Gasteiger partial charge is 0.462 e. The molecule has 0 heterocycles. The van der Waals surface area contributed by atoms with E-state index in [1.54, 1.807) is 13.8 Å². The second-order valence-corrected chi connectivity index (χ2v) is 4.52. The number of hydrogen-bond donors (Lipinski definition) is 1. The zero-order valence-electron chi connectivity index (χ0n) is 12.8. The molecule has 1 aliphatic carbocycles. The van der Waals surface area contributed by atoms with Gasteiger partial charge in [-0.3, -0.25) is 0 Å². The molecule has 0 saturated carbocycles. The second kappa shape index (κ2) is 8.40. The number of rotatable bonds is 6. The first kappa shape index (κ1) is 18.8. The number of halogens is 3. The predicted octanol–water partition coefficient (Wildman–Crippen LogP) is 2.61. The lowest BCUT2D eigenvalue weighted by molar-refractivity contribution is -0.164. The molecule has 0 spiro atoms. The maximum absolute atomic E-state index is 13.0. The molecule has 0 fully saturated rings. The van der Waals surface area contributed by atoms with Crippen molar-refractivity contribution in [2.45, 2.75) is 26.4 Å². The van der Waals surface area contributed by atoms with Gasteiger partial charge < -0.3 is 14.8 Å². The SMILES string of the molecule is CCOC(=O)C(=CNC1=CC=CCC1C(F)(F)F)C(=O)OCC. The summed E-state index contributed by atoms with van der Waals surface area (Å²) in [7, 11) is 0. The smallest absolute Gasteiger partial charge is 0.397 e. The standard InChI is InChI=1S/C15H18F3NO4/c1-3-22-13(20)10(14(21)23-4-2)9-19-12-8-6-5-7-11(12)15(16,17)18/h5-6,8-9,11,19H,3-4,7H2,1-2H3. The Labute approximate surface area is 131 Å². The van der Waals surface area contributed by atoms with Crippen LogP contribution in [0, 0.1) is 5.92 Å². The molecule has 0 aromatic heterocycles. The monoisotopic (exact) mass is 333 g/mol. The molecule has 1 N–H and O–H groups in total. The summed E-state index contributed by atoms with van der Waals surface area (Å²) < 4.78 is 48.3. The topological polar surface area (TPSA) is 64.6 Å². The van der Waals surface area contributed by atoms with Gasteiger partial charge in [-0.2, -0.15) is 13.2 Å². The van der Waals surface area contributed by atoms with Gasteiger partial charge in [-0.05, 0) is 26.3 Å². The Hall–Kier alpha value is -2.25. The summed E-state index contributed by atoms with van der Waals surface area (Å²) in [6, 6.07) is 0. The van der Waals surface area contributed by atoms with Crippen LogP contribution >= 0.6 is 0 Å². The van der Waals surface area contributed by atoms with Crippen molar-refractivity contribution in [1.82, 2.24) is 5.32 Å². The van der Waals surface area contributed by atoms with Crippen LogP contribution in [0.5, 0.6) is 0 Å². The van der Waals surface area contributed by atoms with E-state index in [-0.39, 0.29) is 25.3 Å². The van der Waals surface area contributed by atoms with E-state index in [4.69, 9.17) is 9.47 Å². The first-order valence-corrected chi connectivity index (χ1v) is 7.05. The Morgan fingerprint density at radius 1 is 1.26 bits per heavy atom. The van der Waals surface area contributed by atoms with Crippen LogP contribution in [0.25, 0.3) is 0 Å². The van der Waals surface area contributed by atoms with Gasteiger partial charge >= 0.3 is 18.1 Å². The molecule has 1 aliphatic rings. The first-order chi connectivity index (χ1) is 10.8. The Morgan fingerprint density at radius 2 is 1.83 bits per heavy atom. The van der Waals surface area contributed by atoms with E-state index in [1.165, 1.54) is 18.2 Å². The van der Waals surface area contributed by atoms with Crippen molar-refractivity contribution in [2.75, 3.05) is 13.2 Å². The minimum atomic E-state index is -4.44. The van der Waals surface area contributed by atoms with Crippen LogP contribution in [0.4, 0.5) is 13.2 Å². The molecule has 5 nitrogen and oxygen atoms in total. The number of ether oxygens (including phenoxy) is 2. The van der Waals surface area contributed by atoms with Gasteiger partial charge in [0.2, 0.25) is 0 Å². The molecule has 23 heavy (non-hydrogen) atoms. The lowest BCUT2D eigenvalue weighted by Crippen LogP contribution is -2.31. The highest BCUT2D eigenvalue weighted by Crippen LogP contribution is 2.35. The maximum atomic E-state index is 13.0. The summed E-state index contributed by atoms with van der Waals surface area (Å²) >= 11 is 0. The van der Waals surface area contributed by atoms with Crippen LogP contribution in [0.2, 0.25) is 0 Å². The number of esters is 2. The van der Waals surface area contributed by atoms with Crippen LogP contribution in [0.3, 0.4) is 0 Å². The van der Waals surface area contributed by atoms with Crippen molar-refractivity contribution in [3.05, 3.63) is 35.7 Å². The van der Waals surface area contributed by atoms with E-state index in [0.29, 0.717) is 0 Å². The molecule has 0 aromatic rings. The molecule has 0 aliphatic heterocycles. The highest BCUT2D eigenvalue weighted by atomic mass is 19.4. The zero-order valence-corrected chi connectivity index (χ0v) is 12.8. The maximum Gasteiger partial charge on any atom is 0.397 e. The van der Waals surface area contributed by atoms with Gasteiger partial charge in [0.25, 0.3) is 0 Å². The molecule has 8 heteroatoms. The fourth-order valence-corrected chi connectivity index (χ4v) is 1.86. The lowest BCUT2D eigenvalue weighted by Gasteiger charge is -2.24. The highest BCUT2D eigenvalue weighted by Gasteiger charge is 2.41. The molecule has 1 rings (SSSR count). The summed E-state index contributed by atoms with van der Waals surface area (Å²) in [5, 5.41) is 2.38. The molecule has 1 atom stereocenters. The number of hydrogen-bond acceptors (Lipinski definition) is 5. The van der Waals surface area contributed by atoms with E-state index in [9.17, 15) is 22.8 Å². The fraction of sp³-hybridized carbons (Fsp3) is 0.467. The molecule has 0 saturated heterocycles. The number of nitrogens with one attached hydrogen (secondary N) is 1. The van der Waals surface area contributed by atoms with E-state index in [2.05, 4.69) is 5.32 Å². The van der Waals surface area contributed by atoms with Crippen molar-refractivity contribution in [3.8, 4) is 0 Å². The number of carbonyl (C=O) groups excluding carboxylic acids is 2. The molecule has 0 radical (unpaired) electrons. The number of allylic oxidation sites excluding steroid dienone is 4. The van der Waals surface area contributed by atoms with E-state index in [0.717, 1.165) is 6.20 Å². The van der Waals surface area contributed by atoms with E-state index in [1.807, 2.05) is 0 Å². The highest BCUT2D eigenvalue weighted by molar-refractivity contribution is 6.13. The van der Waals surface area contributed by atoms with Crippen LogP contribution in [0.15, 0.2) is 35.7 Å². The molecule has 0 bridgehead atoms. The van der Waals surface area contributed by atoms with Gasteiger partial charge in [-0.1, -0.05) is 12.2 Å². The third kappa shape index (κ3) is 5.46. The van der Waals surface area contributed by atoms with Crippen LogP contribution < -0.4 is 5.32 Å². The van der Waals surface area contributed by atoms with Gasteiger partial charge in [0.1, 0.15) is 0 Å².